The first-order chi connectivity index (χ1) is 13.7. The van der Waals surface area contributed by atoms with Gasteiger partial charge in [-0.1, -0.05) is 5.16 Å². The number of benzene rings is 2. The predicted octanol–water partition coefficient (Wildman–Crippen LogP) is 3.29. The molecule has 1 aromatic heterocycles. The second-order valence-corrected chi connectivity index (χ2v) is 5.97. The van der Waals surface area contributed by atoms with Gasteiger partial charge in [0.1, 0.15) is 42.4 Å². The van der Waals surface area contributed by atoms with Gasteiger partial charge in [-0.25, -0.2) is 4.98 Å². The van der Waals surface area contributed by atoms with Crippen molar-refractivity contribution in [3.8, 4) is 28.6 Å². The van der Waals surface area contributed by atoms with Gasteiger partial charge in [0.05, 0.1) is 13.7 Å². The first-order valence-electron chi connectivity index (χ1n) is 8.82. The van der Waals surface area contributed by atoms with Gasteiger partial charge in [0.15, 0.2) is 0 Å². The number of hydrogen-bond acceptors (Lipinski definition) is 6. The van der Waals surface area contributed by atoms with Crippen LogP contribution in [0.4, 0.5) is 0 Å². The molecular formula is C21H23N3O4. The van der Waals surface area contributed by atoms with Crippen LogP contribution >= 0.6 is 0 Å². The highest BCUT2D eigenvalue weighted by molar-refractivity contribution is 5.97. The number of oxime groups is 1. The molecule has 28 heavy (non-hydrogen) atoms. The molecule has 146 valence electrons. The Kier molecular flexibility index (Phi) is 6.29. The fourth-order valence-corrected chi connectivity index (χ4v) is 2.75. The Balaban J connectivity index is 2.03. The molecule has 0 spiro atoms. The first kappa shape index (κ1) is 19.4. The van der Waals surface area contributed by atoms with Gasteiger partial charge < -0.3 is 19.4 Å². The highest BCUT2D eigenvalue weighted by atomic mass is 16.6. The molecule has 0 fully saturated rings. The maximum atomic E-state index is 8.89. The monoisotopic (exact) mass is 381 g/mol. The van der Waals surface area contributed by atoms with E-state index in [-0.39, 0.29) is 13.2 Å². The lowest BCUT2D eigenvalue weighted by Gasteiger charge is -2.10. The predicted molar refractivity (Wildman–Crippen MR) is 107 cm³/mol. The van der Waals surface area contributed by atoms with Crippen molar-refractivity contribution in [2.24, 2.45) is 5.16 Å². The van der Waals surface area contributed by atoms with Crippen molar-refractivity contribution >= 4 is 5.71 Å². The molecule has 0 amide bonds. The van der Waals surface area contributed by atoms with Crippen LogP contribution in [0, 0.1) is 0 Å². The summed E-state index contributed by atoms with van der Waals surface area (Å²) < 4.78 is 12.7. The van der Waals surface area contributed by atoms with E-state index in [0.29, 0.717) is 17.2 Å². The van der Waals surface area contributed by atoms with E-state index >= 15 is 0 Å². The minimum Gasteiger partial charge on any atom is -0.497 e. The van der Waals surface area contributed by atoms with Gasteiger partial charge in [0.2, 0.25) is 0 Å². The van der Waals surface area contributed by atoms with Crippen LogP contribution in [0.3, 0.4) is 0 Å². The molecule has 1 N–H and O–H groups in total. The van der Waals surface area contributed by atoms with Gasteiger partial charge in [0.25, 0.3) is 0 Å². The fraction of sp³-hybridized carbons (Fsp3) is 0.238. The summed E-state index contributed by atoms with van der Waals surface area (Å²) in [6.07, 6.45) is 1.92. The van der Waals surface area contributed by atoms with E-state index in [1.54, 1.807) is 7.11 Å². The van der Waals surface area contributed by atoms with E-state index in [1.165, 1.54) is 7.11 Å². The average Bonchev–Trinajstić information content (AvgIpc) is 3.18. The molecule has 0 saturated carbocycles. The normalized spacial score (nSPS) is 11.4. The molecule has 1 heterocycles. The highest BCUT2D eigenvalue weighted by Crippen LogP contribution is 2.26. The average molecular weight is 381 g/mol. The number of ether oxygens (including phenoxy) is 2. The minimum absolute atomic E-state index is 0.0215. The molecule has 0 radical (unpaired) electrons. The van der Waals surface area contributed by atoms with Crippen molar-refractivity contribution in [1.29, 1.82) is 0 Å². The molecule has 0 bridgehead atoms. The summed E-state index contributed by atoms with van der Waals surface area (Å²) in [7, 11) is 3.15. The molecule has 7 nitrogen and oxygen atoms in total. The van der Waals surface area contributed by atoms with Crippen LogP contribution in [-0.4, -0.2) is 47.8 Å². The quantitative estimate of drug-likeness (QED) is 0.479. The Morgan fingerprint density at radius 2 is 1.71 bits per heavy atom. The Morgan fingerprint density at radius 3 is 2.32 bits per heavy atom. The summed E-state index contributed by atoms with van der Waals surface area (Å²) in [5, 5.41) is 12.9. The molecule has 0 aliphatic heterocycles. The number of aliphatic hydroxyl groups is 1. The van der Waals surface area contributed by atoms with Gasteiger partial charge in [-0.05, 0) is 55.5 Å². The van der Waals surface area contributed by atoms with Gasteiger partial charge in [0, 0.05) is 17.4 Å². The number of nitrogens with zero attached hydrogens (tertiary/aromatic N) is 3. The van der Waals surface area contributed by atoms with Gasteiger partial charge in [-0.3, -0.25) is 4.57 Å². The maximum absolute atomic E-state index is 8.89. The number of aromatic nitrogens is 2. The first-order valence-corrected chi connectivity index (χ1v) is 8.82. The molecule has 2 aromatic carbocycles. The van der Waals surface area contributed by atoms with E-state index in [1.807, 2.05) is 66.2 Å². The van der Waals surface area contributed by atoms with Crippen LogP contribution in [0.1, 0.15) is 12.6 Å². The Labute approximate surface area is 163 Å². The third kappa shape index (κ3) is 4.32. The summed E-state index contributed by atoms with van der Waals surface area (Å²) >= 11 is 0. The standard InChI is InChI=1S/C21H23N3O4/c1-15(23-27-3)20-14-24(17-6-10-19(11-7-17)28-13-12-25)21(22-20)16-4-8-18(26-2)9-5-16/h4-11,14,25H,12-13H2,1-3H3/b23-15+. The van der Waals surface area contributed by atoms with Crippen LogP contribution in [-0.2, 0) is 4.84 Å². The van der Waals surface area contributed by atoms with E-state index in [9.17, 15) is 0 Å². The van der Waals surface area contributed by atoms with Gasteiger partial charge in [-0.2, -0.15) is 0 Å². The number of aliphatic hydroxyl groups excluding tert-OH is 1. The largest absolute Gasteiger partial charge is 0.497 e. The van der Waals surface area contributed by atoms with Crippen LogP contribution in [0.15, 0.2) is 59.9 Å². The van der Waals surface area contributed by atoms with E-state index < -0.39 is 0 Å². The lowest BCUT2D eigenvalue weighted by molar-refractivity contribution is 0.201. The number of methoxy groups -OCH3 is 1. The number of hydrogen-bond donors (Lipinski definition) is 1. The minimum atomic E-state index is -0.0215. The third-order valence-electron chi connectivity index (χ3n) is 4.13. The van der Waals surface area contributed by atoms with Gasteiger partial charge >= 0.3 is 0 Å². The van der Waals surface area contributed by atoms with Crippen molar-refractivity contribution in [1.82, 2.24) is 9.55 Å². The Hall–Kier alpha value is -3.32. The van der Waals surface area contributed by atoms with Crippen molar-refractivity contribution in [3.63, 3.8) is 0 Å². The smallest absolute Gasteiger partial charge is 0.145 e. The molecular weight excluding hydrogens is 358 g/mol. The summed E-state index contributed by atoms with van der Waals surface area (Å²) in [5.74, 6) is 2.25. The summed E-state index contributed by atoms with van der Waals surface area (Å²) in [6.45, 7) is 2.09. The van der Waals surface area contributed by atoms with Crippen molar-refractivity contribution in [2.45, 2.75) is 6.92 Å². The second-order valence-electron chi connectivity index (χ2n) is 5.97. The van der Waals surface area contributed by atoms with E-state index in [4.69, 9.17) is 24.4 Å². The lowest BCUT2D eigenvalue weighted by Crippen LogP contribution is -2.02. The van der Waals surface area contributed by atoms with Crippen molar-refractivity contribution < 1.29 is 19.4 Å². The van der Waals surface area contributed by atoms with E-state index in [0.717, 1.165) is 22.8 Å². The molecule has 0 unspecified atom stereocenters. The van der Waals surface area contributed by atoms with Gasteiger partial charge in [-0.15, -0.1) is 0 Å². The van der Waals surface area contributed by atoms with Crippen molar-refractivity contribution in [2.75, 3.05) is 27.4 Å². The molecule has 3 rings (SSSR count). The van der Waals surface area contributed by atoms with Crippen LogP contribution < -0.4 is 9.47 Å². The second kappa shape index (κ2) is 9.05. The number of imidazole rings is 1. The van der Waals surface area contributed by atoms with Crippen LogP contribution in [0.5, 0.6) is 11.5 Å². The molecule has 3 aromatic rings. The zero-order chi connectivity index (χ0) is 19.9. The molecule has 0 atom stereocenters. The molecule has 0 aliphatic rings. The maximum Gasteiger partial charge on any atom is 0.145 e. The molecule has 0 aliphatic carbocycles. The third-order valence-corrected chi connectivity index (χ3v) is 4.13. The molecule has 0 saturated heterocycles. The fourth-order valence-electron chi connectivity index (χ4n) is 2.75. The molecule has 7 heteroatoms. The topological polar surface area (TPSA) is 78.1 Å². The zero-order valence-corrected chi connectivity index (χ0v) is 16.1. The zero-order valence-electron chi connectivity index (χ0n) is 16.1. The summed E-state index contributed by atoms with van der Waals surface area (Å²) in [6, 6.07) is 15.3. The van der Waals surface area contributed by atoms with Crippen molar-refractivity contribution in [3.05, 3.63) is 60.4 Å². The Bertz CT molecular complexity index is 931. The Morgan fingerprint density at radius 1 is 1.04 bits per heavy atom. The lowest BCUT2D eigenvalue weighted by atomic mass is 10.2. The number of rotatable bonds is 8. The van der Waals surface area contributed by atoms with Crippen LogP contribution in [0.2, 0.25) is 0 Å². The van der Waals surface area contributed by atoms with E-state index in [2.05, 4.69) is 5.16 Å². The SMILES string of the molecule is CO/N=C(\C)c1cn(-c2ccc(OCCO)cc2)c(-c2ccc(OC)cc2)n1. The summed E-state index contributed by atoms with van der Waals surface area (Å²) in [4.78, 5) is 9.64. The highest BCUT2D eigenvalue weighted by Gasteiger charge is 2.14. The van der Waals surface area contributed by atoms with Crippen LogP contribution in [0.25, 0.3) is 17.1 Å². The summed E-state index contributed by atoms with van der Waals surface area (Å²) in [5.41, 5.74) is 3.26.